The first-order valence-electron chi connectivity index (χ1n) is 7.04. The molecule has 0 atom stereocenters. The molecule has 3 nitrogen and oxygen atoms in total. The van der Waals surface area contributed by atoms with Gasteiger partial charge in [-0.3, -0.25) is 4.98 Å². The van der Waals surface area contributed by atoms with Crippen LogP contribution in [0.25, 0.3) is 21.9 Å². The van der Waals surface area contributed by atoms with Gasteiger partial charge < -0.3 is 4.98 Å². The summed E-state index contributed by atoms with van der Waals surface area (Å²) in [5.74, 6) is -0.204. The van der Waals surface area contributed by atoms with E-state index in [2.05, 4.69) is 34.0 Å². The van der Waals surface area contributed by atoms with Crippen LogP contribution in [0, 0.1) is 19.7 Å². The minimum absolute atomic E-state index is 0.204. The molecule has 0 aliphatic carbocycles. The van der Waals surface area contributed by atoms with Crippen molar-refractivity contribution in [2.24, 2.45) is 0 Å². The van der Waals surface area contributed by atoms with Crippen molar-refractivity contribution in [3.05, 3.63) is 71.9 Å². The first kappa shape index (κ1) is 14.2. The maximum atomic E-state index is 12.9. The van der Waals surface area contributed by atoms with Crippen molar-refractivity contribution in [1.29, 1.82) is 0 Å². The number of aromatic amines is 1. The third-order valence-corrected chi connectivity index (χ3v) is 3.43. The number of rotatable bonds is 0. The van der Waals surface area contributed by atoms with Gasteiger partial charge in [-0.15, -0.1) is 0 Å². The zero-order chi connectivity index (χ0) is 15.5. The Kier molecular flexibility index (Phi) is 3.83. The van der Waals surface area contributed by atoms with E-state index in [1.54, 1.807) is 19.3 Å². The van der Waals surface area contributed by atoms with Crippen LogP contribution in [-0.2, 0) is 0 Å². The van der Waals surface area contributed by atoms with E-state index in [0.717, 1.165) is 11.0 Å². The molecule has 22 heavy (non-hydrogen) atoms. The van der Waals surface area contributed by atoms with E-state index in [0.29, 0.717) is 11.1 Å². The highest BCUT2D eigenvalue weighted by Gasteiger charge is 2.00. The maximum absolute atomic E-state index is 12.9. The number of aromatic nitrogens is 3. The van der Waals surface area contributed by atoms with Crippen LogP contribution in [0.5, 0.6) is 0 Å². The van der Waals surface area contributed by atoms with Crippen molar-refractivity contribution in [2.45, 2.75) is 13.8 Å². The Morgan fingerprint density at radius 1 is 0.955 bits per heavy atom. The molecule has 4 rings (SSSR count). The van der Waals surface area contributed by atoms with Gasteiger partial charge in [0.05, 0.1) is 22.9 Å². The molecule has 0 unspecified atom stereocenters. The molecule has 0 radical (unpaired) electrons. The van der Waals surface area contributed by atoms with Crippen LogP contribution < -0.4 is 0 Å². The molecule has 0 aliphatic heterocycles. The van der Waals surface area contributed by atoms with E-state index in [1.807, 2.05) is 24.4 Å². The number of aryl methyl sites for hydroxylation is 2. The number of para-hydroxylation sites is 1. The highest BCUT2D eigenvalue weighted by Crippen LogP contribution is 2.14. The van der Waals surface area contributed by atoms with Crippen LogP contribution in [-0.4, -0.2) is 15.0 Å². The Hall–Kier alpha value is -2.75. The third-order valence-electron chi connectivity index (χ3n) is 3.43. The number of fused-ring (bicyclic) bond motifs is 2. The fourth-order valence-corrected chi connectivity index (χ4v) is 2.25. The zero-order valence-electron chi connectivity index (χ0n) is 12.5. The van der Waals surface area contributed by atoms with Gasteiger partial charge in [0, 0.05) is 17.6 Å². The van der Waals surface area contributed by atoms with Gasteiger partial charge in [-0.1, -0.05) is 18.2 Å². The van der Waals surface area contributed by atoms with Crippen molar-refractivity contribution in [1.82, 2.24) is 15.0 Å². The lowest BCUT2D eigenvalue weighted by Crippen LogP contribution is -1.81. The Bertz CT molecular complexity index is 892. The summed E-state index contributed by atoms with van der Waals surface area (Å²) < 4.78 is 12.9. The molecule has 2 heterocycles. The van der Waals surface area contributed by atoms with Gasteiger partial charge in [-0.2, -0.15) is 0 Å². The Labute approximate surface area is 127 Å². The summed E-state index contributed by atoms with van der Waals surface area (Å²) in [4.78, 5) is 11.1. The highest BCUT2D eigenvalue weighted by molar-refractivity contribution is 5.78. The molecule has 2 aromatic heterocycles. The number of imidazole rings is 1. The fourth-order valence-electron chi connectivity index (χ4n) is 2.25. The van der Waals surface area contributed by atoms with Crippen LogP contribution in [0.1, 0.15) is 11.1 Å². The van der Waals surface area contributed by atoms with Gasteiger partial charge in [-0.05, 0) is 43.2 Å². The van der Waals surface area contributed by atoms with Crippen LogP contribution >= 0.6 is 0 Å². The van der Waals surface area contributed by atoms with Crippen molar-refractivity contribution in [3.8, 4) is 0 Å². The number of halogens is 1. The molecule has 0 bridgehead atoms. The summed E-state index contributed by atoms with van der Waals surface area (Å²) in [5.41, 5.74) is 4.47. The van der Waals surface area contributed by atoms with Crippen molar-refractivity contribution in [3.63, 3.8) is 0 Å². The first-order valence-corrected chi connectivity index (χ1v) is 7.04. The maximum Gasteiger partial charge on any atom is 0.128 e. The number of nitrogens with one attached hydrogen (secondary N) is 1. The molecule has 0 saturated carbocycles. The summed E-state index contributed by atoms with van der Waals surface area (Å²) >= 11 is 0. The van der Waals surface area contributed by atoms with Crippen molar-refractivity contribution in [2.75, 3.05) is 0 Å². The van der Waals surface area contributed by atoms with Gasteiger partial charge in [0.2, 0.25) is 0 Å². The van der Waals surface area contributed by atoms with Crippen LogP contribution in [0.4, 0.5) is 4.39 Å². The number of H-pyrrole nitrogens is 1. The molecular formula is C18H16FN3. The summed E-state index contributed by atoms with van der Waals surface area (Å²) in [6, 6.07) is 13.5. The first-order chi connectivity index (χ1) is 10.6. The Balaban J connectivity index is 0.000000131. The predicted octanol–water partition coefficient (Wildman–Crippen LogP) is 4.55. The molecule has 2 aromatic carbocycles. The largest absolute Gasteiger partial charge is 0.345 e. The number of nitrogens with zero attached hydrogens (tertiary/aromatic N) is 2. The average molecular weight is 293 g/mol. The van der Waals surface area contributed by atoms with Crippen LogP contribution in [0.2, 0.25) is 0 Å². The molecule has 0 amide bonds. The Morgan fingerprint density at radius 2 is 1.77 bits per heavy atom. The topological polar surface area (TPSA) is 41.6 Å². The van der Waals surface area contributed by atoms with Crippen LogP contribution in [0.3, 0.4) is 0 Å². The Morgan fingerprint density at radius 3 is 2.64 bits per heavy atom. The molecule has 0 fully saturated rings. The smallest absolute Gasteiger partial charge is 0.128 e. The molecule has 4 heteroatoms. The van der Waals surface area contributed by atoms with Gasteiger partial charge >= 0.3 is 0 Å². The predicted molar refractivity (Wildman–Crippen MR) is 87.3 cm³/mol. The molecule has 1 N–H and O–H groups in total. The quantitative estimate of drug-likeness (QED) is 0.516. The fraction of sp³-hybridized carbons (Fsp3) is 0.111. The molecule has 0 spiro atoms. The molecule has 110 valence electrons. The second-order valence-electron chi connectivity index (χ2n) is 5.23. The summed E-state index contributed by atoms with van der Waals surface area (Å²) in [7, 11) is 0. The lowest BCUT2D eigenvalue weighted by molar-refractivity contribution is 0.620. The van der Waals surface area contributed by atoms with Gasteiger partial charge in [0.25, 0.3) is 0 Å². The monoisotopic (exact) mass is 293 g/mol. The van der Waals surface area contributed by atoms with Gasteiger partial charge in [0.1, 0.15) is 5.82 Å². The van der Waals surface area contributed by atoms with Crippen LogP contribution in [0.15, 0.2) is 55.0 Å². The standard InChI is InChI=1S/C10H9N.C8H7FN2/c1-8-6-9-4-2-3-5-10(9)11-7-8;1-5-2-7-8(3-6(5)9)11-4-10-7/h2-7H,1H3;2-4H,1H3,(H,10,11). The van der Waals surface area contributed by atoms with Crippen molar-refractivity contribution >= 4 is 21.9 Å². The summed E-state index contributed by atoms with van der Waals surface area (Å²) in [5, 5.41) is 1.22. The molecule has 0 saturated heterocycles. The lowest BCUT2D eigenvalue weighted by atomic mass is 10.2. The number of benzene rings is 2. The lowest BCUT2D eigenvalue weighted by Gasteiger charge is -1.95. The number of hydrogen-bond donors (Lipinski definition) is 1. The second kappa shape index (κ2) is 5.93. The number of hydrogen-bond acceptors (Lipinski definition) is 2. The molecular weight excluding hydrogens is 277 g/mol. The third kappa shape index (κ3) is 2.96. The molecule has 0 aliphatic rings. The minimum atomic E-state index is -0.204. The van der Waals surface area contributed by atoms with E-state index in [1.165, 1.54) is 17.0 Å². The normalized spacial score (nSPS) is 10.5. The van der Waals surface area contributed by atoms with Gasteiger partial charge in [-0.25, -0.2) is 9.37 Å². The minimum Gasteiger partial charge on any atom is -0.345 e. The SMILES string of the molecule is Cc1cc2[nH]cnc2cc1F.Cc1cnc2ccccc2c1. The van der Waals surface area contributed by atoms with E-state index in [9.17, 15) is 4.39 Å². The summed E-state index contributed by atoms with van der Waals surface area (Å²) in [6.45, 7) is 3.79. The number of pyridine rings is 1. The summed E-state index contributed by atoms with van der Waals surface area (Å²) in [6.07, 6.45) is 3.45. The van der Waals surface area contributed by atoms with E-state index < -0.39 is 0 Å². The molecule has 4 aromatic rings. The zero-order valence-corrected chi connectivity index (χ0v) is 12.5. The average Bonchev–Trinajstić information content (AvgIpc) is 2.95. The van der Waals surface area contributed by atoms with E-state index in [4.69, 9.17) is 0 Å². The van der Waals surface area contributed by atoms with Crippen molar-refractivity contribution < 1.29 is 4.39 Å². The van der Waals surface area contributed by atoms with E-state index >= 15 is 0 Å². The van der Waals surface area contributed by atoms with Gasteiger partial charge in [0.15, 0.2) is 0 Å². The highest BCUT2D eigenvalue weighted by atomic mass is 19.1. The van der Waals surface area contributed by atoms with E-state index in [-0.39, 0.29) is 5.82 Å². The second-order valence-corrected chi connectivity index (χ2v) is 5.23.